The van der Waals surface area contributed by atoms with Crippen LogP contribution in [0.3, 0.4) is 0 Å². The Hall–Kier alpha value is -3.35. The molecule has 1 fully saturated rings. The zero-order valence-electron chi connectivity index (χ0n) is 17.6. The summed E-state index contributed by atoms with van der Waals surface area (Å²) in [5, 5.41) is 11.3. The molecule has 30 heavy (non-hydrogen) atoms. The molecular formula is C23H27N5O2. The predicted octanol–water partition coefficient (Wildman–Crippen LogP) is 4.24. The van der Waals surface area contributed by atoms with E-state index in [0.29, 0.717) is 19.7 Å². The number of ether oxygens (including phenoxy) is 1. The second-order valence-corrected chi connectivity index (χ2v) is 8.61. The molecule has 3 aromatic rings. The van der Waals surface area contributed by atoms with Crippen molar-refractivity contribution in [1.82, 2.24) is 19.9 Å². The standard InChI is InChI=1S/C23H27N5O2/c1-23(2,3)17-9-11-18(12-10-17)24-22(29)27-14-20(15-27)28-13-19(25-26-28)16-30-21-7-5-4-6-8-21/h4-13,20H,14-16H2,1-3H3,(H,24,29). The molecule has 0 bridgehead atoms. The smallest absolute Gasteiger partial charge is 0.321 e. The highest BCUT2D eigenvalue weighted by molar-refractivity contribution is 5.89. The first kappa shape index (κ1) is 19.9. The fourth-order valence-electron chi connectivity index (χ4n) is 3.28. The van der Waals surface area contributed by atoms with Crippen molar-refractivity contribution in [3.05, 3.63) is 72.1 Å². The number of carbonyl (C=O) groups is 1. The molecule has 2 aromatic carbocycles. The van der Waals surface area contributed by atoms with Gasteiger partial charge in [-0.3, -0.25) is 0 Å². The Labute approximate surface area is 176 Å². The molecule has 1 aromatic heterocycles. The molecule has 7 nitrogen and oxygen atoms in total. The molecule has 1 N–H and O–H groups in total. The van der Waals surface area contributed by atoms with E-state index in [2.05, 4.69) is 48.5 Å². The van der Waals surface area contributed by atoms with Crippen molar-refractivity contribution in [1.29, 1.82) is 0 Å². The van der Waals surface area contributed by atoms with Gasteiger partial charge in [-0.05, 0) is 35.2 Å². The summed E-state index contributed by atoms with van der Waals surface area (Å²) in [4.78, 5) is 14.2. The molecule has 1 aliphatic rings. The highest BCUT2D eigenvalue weighted by Gasteiger charge is 2.33. The molecule has 2 heterocycles. The molecule has 0 saturated carbocycles. The lowest BCUT2D eigenvalue weighted by Crippen LogP contribution is -2.52. The molecule has 1 aliphatic heterocycles. The number of nitrogens with one attached hydrogen (secondary N) is 1. The van der Waals surface area contributed by atoms with Gasteiger partial charge in [-0.25, -0.2) is 9.48 Å². The predicted molar refractivity (Wildman–Crippen MR) is 116 cm³/mol. The number of rotatable bonds is 5. The first-order chi connectivity index (χ1) is 14.4. The topological polar surface area (TPSA) is 72.3 Å². The third-order valence-corrected chi connectivity index (χ3v) is 5.21. The summed E-state index contributed by atoms with van der Waals surface area (Å²) >= 11 is 0. The zero-order chi connectivity index (χ0) is 21.1. The number of carbonyl (C=O) groups excluding carboxylic acids is 1. The first-order valence-electron chi connectivity index (χ1n) is 10.1. The van der Waals surface area contributed by atoms with E-state index < -0.39 is 0 Å². The Morgan fingerprint density at radius 2 is 1.80 bits per heavy atom. The first-order valence-corrected chi connectivity index (χ1v) is 10.1. The van der Waals surface area contributed by atoms with Crippen LogP contribution in [0, 0.1) is 0 Å². The highest BCUT2D eigenvalue weighted by Crippen LogP contribution is 2.25. The summed E-state index contributed by atoms with van der Waals surface area (Å²) < 4.78 is 7.51. The van der Waals surface area contributed by atoms with Gasteiger partial charge in [0.2, 0.25) is 0 Å². The molecule has 0 aliphatic carbocycles. The largest absolute Gasteiger partial charge is 0.487 e. The van der Waals surface area contributed by atoms with Gasteiger partial charge in [0.1, 0.15) is 18.1 Å². The van der Waals surface area contributed by atoms with Crippen LogP contribution in [0.15, 0.2) is 60.8 Å². The van der Waals surface area contributed by atoms with Gasteiger partial charge in [0.05, 0.1) is 12.2 Å². The minimum absolute atomic E-state index is 0.0933. The molecule has 0 radical (unpaired) electrons. The van der Waals surface area contributed by atoms with E-state index in [0.717, 1.165) is 17.1 Å². The lowest BCUT2D eigenvalue weighted by molar-refractivity contribution is 0.127. The lowest BCUT2D eigenvalue weighted by atomic mass is 9.87. The summed E-state index contributed by atoms with van der Waals surface area (Å²) in [5.41, 5.74) is 2.90. The monoisotopic (exact) mass is 405 g/mol. The minimum Gasteiger partial charge on any atom is -0.487 e. The van der Waals surface area contributed by atoms with Crippen molar-refractivity contribution < 1.29 is 9.53 Å². The molecule has 1 saturated heterocycles. The average molecular weight is 406 g/mol. The van der Waals surface area contributed by atoms with Crippen LogP contribution < -0.4 is 10.1 Å². The van der Waals surface area contributed by atoms with Gasteiger partial charge < -0.3 is 15.0 Å². The van der Waals surface area contributed by atoms with Gasteiger partial charge in [-0.2, -0.15) is 0 Å². The molecule has 4 rings (SSSR count). The van der Waals surface area contributed by atoms with Crippen LogP contribution in [0.25, 0.3) is 0 Å². The van der Waals surface area contributed by atoms with Crippen molar-refractivity contribution in [2.45, 2.75) is 38.8 Å². The number of anilines is 1. The van der Waals surface area contributed by atoms with Crippen molar-refractivity contribution >= 4 is 11.7 Å². The fourth-order valence-corrected chi connectivity index (χ4v) is 3.28. The maximum atomic E-state index is 12.5. The van der Waals surface area contributed by atoms with E-state index in [1.807, 2.05) is 53.3 Å². The normalized spacial score (nSPS) is 14.3. The van der Waals surface area contributed by atoms with Crippen LogP contribution in [0.5, 0.6) is 5.75 Å². The number of benzene rings is 2. The van der Waals surface area contributed by atoms with Crippen LogP contribution in [-0.2, 0) is 12.0 Å². The van der Waals surface area contributed by atoms with E-state index in [1.54, 1.807) is 4.90 Å². The maximum absolute atomic E-state index is 12.5. The van der Waals surface area contributed by atoms with Gasteiger partial charge in [-0.15, -0.1) is 5.10 Å². The Balaban J connectivity index is 1.25. The lowest BCUT2D eigenvalue weighted by Gasteiger charge is -2.38. The molecular weight excluding hydrogens is 378 g/mol. The number of urea groups is 1. The average Bonchev–Trinajstić information content (AvgIpc) is 3.14. The maximum Gasteiger partial charge on any atom is 0.321 e. The summed E-state index contributed by atoms with van der Waals surface area (Å²) in [7, 11) is 0. The van der Waals surface area contributed by atoms with Crippen molar-refractivity contribution in [2.24, 2.45) is 0 Å². The Morgan fingerprint density at radius 1 is 1.10 bits per heavy atom. The minimum atomic E-state index is -0.0949. The second-order valence-electron chi connectivity index (χ2n) is 8.61. The zero-order valence-corrected chi connectivity index (χ0v) is 17.6. The number of nitrogens with zero attached hydrogens (tertiary/aromatic N) is 4. The van der Waals surface area contributed by atoms with E-state index >= 15 is 0 Å². The summed E-state index contributed by atoms with van der Waals surface area (Å²) in [5.74, 6) is 0.800. The third kappa shape index (κ3) is 4.62. The number of hydrogen-bond donors (Lipinski definition) is 1. The van der Waals surface area contributed by atoms with Gasteiger partial charge in [0.25, 0.3) is 0 Å². The van der Waals surface area contributed by atoms with Crippen LogP contribution in [0.4, 0.5) is 10.5 Å². The molecule has 156 valence electrons. The molecule has 0 unspecified atom stereocenters. The van der Waals surface area contributed by atoms with Crippen LogP contribution >= 0.6 is 0 Å². The van der Waals surface area contributed by atoms with E-state index in [4.69, 9.17) is 4.74 Å². The molecule has 0 atom stereocenters. The number of aromatic nitrogens is 3. The van der Waals surface area contributed by atoms with E-state index in [1.165, 1.54) is 5.56 Å². The number of amides is 2. The Kier molecular flexibility index (Phi) is 5.44. The number of likely N-dealkylation sites (tertiary alicyclic amines) is 1. The van der Waals surface area contributed by atoms with Crippen LogP contribution in [0.2, 0.25) is 0 Å². The van der Waals surface area contributed by atoms with Gasteiger partial charge >= 0.3 is 6.03 Å². The van der Waals surface area contributed by atoms with E-state index in [-0.39, 0.29) is 17.5 Å². The summed E-state index contributed by atoms with van der Waals surface area (Å²) in [6.45, 7) is 8.09. The third-order valence-electron chi connectivity index (χ3n) is 5.21. The Morgan fingerprint density at radius 3 is 2.47 bits per heavy atom. The van der Waals surface area contributed by atoms with E-state index in [9.17, 15) is 4.79 Å². The summed E-state index contributed by atoms with van der Waals surface area (Å²) in [6.07, 6.45) is 1.88. The van der Waals surface area contributed by atoms with Crippen molar-refractivity contribution in [3.63, 3.8) is 0 Å². The van der Waals surface area contributed by atoms with Gasteiger partial charge in [-0.1, -0.05) is 56.3 Å². The quantitative estimate of drug-likeness (QED) is 0.689. The van der Waals surface area contributed by atoms with Gasteiger partial charge in [0.15, 0.2) is 0 Å². The van der Waals surface area contributed by atoms with Crippen LogP contribution in [0.1, 0.15) is 38.1 Å². The fraction of sp³-hybridized carbons (Fsp3) is 0.348. The SMILES string of the molecule is CC(C)(C)c1ccc(NC(=O)N2CC(n3cc(COc4ccccc4)nn3)C2)cc1. The summed E-state index contributed by atoms with van der Waals surface area (Å²) in [6, 6.07) is 17.7. The Bertz CT molecular complexity index is 986. The highest BCUT2D eigenvalue weighted by atomic mass is 16.5. The molecule has 7 heteroatoms. The molecule has 0 spiro atoms. The van der Waals surface area contributed by atoms with Crippen molar-refractivity contribution in [3.8, 4) is 5.75 Å². The number of hydrogen-bond acceptors (Lipinski definition) is 4. The van der Waals surface area contributed by atoms with Gasteiger partial charge in [0, 0.05) is 18.8 Å². The van der Waals surface area contributed by atoms with Crippen LogP contribution in [-0.4, -0.2) is 39.0 Å². The number of para-hydroxylation sites is 1. The second kappa shape index (κ2) is 8.18. The van der Waals surface area contributed by atoms with Crippen molar-refractivity contribution in [2.75, 3.05) is 18.4 Å². The molecule has 2 amide bonds.